The molecule has 2 N–H and O–H groups in total. The number of rotatable bonds is 5. The molecule has 0 atom stereocenters. The largest absolute Gasteiger partial charge is 0.479 e. The van der Waals surface area contributed by atoms with Crippen molar-refractivity contribution in [2.75, 3.05) is 17.2 Å². The molecule has 0 bridgehead atoms. The number of fused-ring (bicyclic) bond motifs is 1. The van der Waals surface area contributed by atoms with Gasteiger partial charge in [-0.05, 0) is 24.6 Å². The van der Waals surface area contributed by atoms with Crippen molar-refractivity contribution < 1.29 is 19.1 Å². The van der Waals surface area contributed by atoms with E-state index in [2.05, 4.69) is 10.6 Å². The molecule has 1 aliphatic rings. The second-order valence-electron chi connectivity index (χ2n) is 5.81. The summed E-state index contributed by atoms with van der Waals surface area (Å²) in [5, 5.41) is 5.42. The van der Waals surface area contributed by atoms with Crippen molar-refractivity contribution in [1.82, 2.24) is 0 Å². The molecule has 0 aliphatic carbocycles. The number of nitrogens with one attached hydrogen (secondary N) is 2. The standard InChI is InChI=1S/C19H18N2O4/c1-12-5-2-3-6-13(12)16(22)9-10-17(23)20-14-7-4-8-15-19(14)25-11-18(24)21-15/h2-8H,9-11H2,1H3,(H,20,23)(H,21,24). The van der Waals surface area contributed by atoms with Crippen LogP contribution in [0.2, 0.25) is 0 Å². The third-order valence-corrected chi connectivity index (χ3v) is 3.94. The first kappa shape index (κ1) is 16.7. The maximum absolute atomic E-state index is 12.2. The molecule has 0 fully saturated rings. The van der Waals surface area contributed by atoms with E-state index in [-0.39, 0.29) is 37.0 Å². The van der Waals surface area contributed by atoms with Gasteiger partial charge in [0.15, 0.2) is 18.1 Å². The molecule has 0 spiro atoms. The SMILES string of the molecule is Cc1ccccc1C(=O)CCC(=O)Nc1cccc2c1OCC(=O)N2. The third-order valence-electron chi connectivity index (χ3n) is 3.94. The van der Waals surface area contributed by atoms with Crippen molar-refractivity contribution in [1.29, 1.82) is 0 Å². The fraction of sp³-hybridized carbons (Fsp3) is 0.211. The summed E-state index contributed by atoms with van der Waals surface area (Å²) in [6.07, 6.45) is 0.201. The number of amides is 2. The zero-order valence-electron chi connectivity index (χ0n) is 13.8. The van der Waals surface area contributed by atoms with Crippen LogP contribution in [0, 0.1) is 6.92 Å². The predicted molar refractivity (Wildman–Crippen MR) is 93.9 cm³/mol. The van der Waals surface area contributed by atoms with Gasteiger partial charge in [0.2, 0.25) is 5.91 Å². The molecule has 2 aromatic rings. The quantitative estimate of drug-likeness (QED) is 0.821. The highest BCUT2D eigenvalue weighted by Gasteiger charge is 2.20. The number of carbonyl (C=O) groups excluding carboxylic acids is 3. The summed E-state index contributed by atoms with van der Waals surface area (Å²) < 4.78 is 5.38. The Balaban J connectivity index is 1.62. The van der Waals surface area contributed by atoms with Crippen LogP contribution in [0.4, 0.5) is 11.4 Å². The lowest BCUT2D eigenvalue weighted by atomic mass is 10.0. The maximum atomic E-state index is 12.2. The van der Waals surface area contributed by atoms with Gasteiger partial charge in [-0.15, -0.1) is 0 Å². The Morgan fingerprint density at radius 1 is 1.12 bits per heavy atom. The fourth-order valence-electron chi connectivity index (χ4n) is 2.67. The first-order valence-electron chi connectivity index (χ1n) is 7.99. The number of hydrogen-bond donors (Lipinski definition) is 2. The molecule has 0 radical (unpaired) electrons. The molecule has 2 aromatic carbocycles. The number of ketones is 1. The second kappa shape index (κ2) is 7.17. The molecule has 2 amide bonds. The predicted octanol–water partition coefficient (Wildman–Crippen LogP) is 2.93. The van der Waals surface area contributed by atoms with E-state index in [1.54, 1.807) is 24.3 Å². The van der Waals surface area contributed by atoms with Crippen molar-refractivity contribution in [3.8, 4) is 5.75 Å². The van der Waals surface area contributed by atoms with Crippen molar-refractivity contribution in [2.45, 2.75) is 19.8 Å². The summed E-state index contributed by atoms with van der Waals surface area (Å²) in [6, 6.07) is 12.4. The molecule has 0 saturated carbocycles. The normalized spacial score (nSPS) is 12.6. The van der Waals surface area contributed by atoms with E-state index in [1.807, 2.05) is 25.1 Å². The average Bonchev–Trinajstić information content (AvgIpc) is 2.60. The first-order chi connectivity index (χ1) is 12.0. The Kier molecular flexibility index (Phi) is 4.79. The minimum Gasteiger partial charge on any atom is -0.479 e. The second-order valence-corrected chi connectivity index (χ2v) is 5.81. The van der Waals surface area contributed by atoms with Gasteiger partial charge in [-0.2, -0.15) is 0 Å². The summed E-state index contributed by atoms with van der Waals surface area (Å²) in [6.45, 7) is 1.78. The van der Waals surface area contributed by atoms with Crippen LogP contribution in [0.5, 0.6) is 5.75 Å². The van der Waals surface area contributed by atoms with Crippen molar-refractivity contribution in [3.05, 3.63) is 53.6 Å². The van der Waals surface area contributed by atoms with Gasteiger partial charge >= 0.3 is 0 Å². The number of anilines is 2. The number of para-hydroxylation sites is 1. The molecule has 1 heterocycles. The summed E-state index contributed by atoms with van der Waals surface area (Å²) in [5.74, 6) is -0.150. The molecule has 3 rings (SSSR count). The maximum Gasteiger partial charge on any atom is 0.262 e. The molecule has 0 unspecified atom stereocenters. The zero-order valence-corrected chi connectivity index (χ0v) is 13.8. The fourth-order valence-corrected chi connectivity index (χ4v) is 2.67. The van der Waals surface area contributed by atoms with Crippen LogP contribution in [0.15, 0.2) is 42.5 Å². The van der Waals surface area contributed by atoms with Gasteiger partial charge in [0.1, 0.15) is 0 Å². The number of carbonyl (C=O) groups is 3. The zero-order chi connectivity index (χ0) is 17.8. The van der Waals surface area contributed by atoms with E-state index in [9.17, 15) is 14.4 Å². The summed E-state index contributed by atoms with van der Waals surface area (Å²) in [5.41, 5.74) is 2.53. The van der Waals surface area contributed by atoms with Gasteiger partial charge in [-0.1, -0.05) is 30.3 Å². The van der Waals surface area contributed by atoms with Gasteiger partial charge in [-0.25, -0.2) is 0 Å². The lowest BCUT2D eigenvalue weighted by Gasteiger charge is -2.20. The van der Waals surface area contributed by atoms with Crippen molar-refractivity contribution >= 4 is 29.0 Å². The van der Waals surface area contributed by atoms with Crippen LogP contribution in [0.25, 0.3) is 0 Å². The monoisotopic (exact) mass is 338 g/mol. The van der Waals surface area contributed by atoms with Crippen LogP contribution < -0.4 is 15.4 Å². The summed E-state index contributed by atoms with van der Waals surface area (Å²) in [7, 11) is 0. The van der Waals surface area contributed by atoms with E-state index in [0.717, 1.165) is 5.56 Å². The van der Waals surface area contributed by atoms with Crippen LogP contribution in [0.1, 0.15) is 28.8 Å². The molecular formula is C19H18N2O4. The van der Waals surface area contributed by atoms with Gasteiger partial charge in [-0.3, -0.25) is 14.4 Å². The molecular weight excluding hydrogens is 320 g/mol. The summed E-state index contributed by atoms with van der Waals surface area (Å²) in [4.78, 5) is 35.8. The lowest BCUT2D eigenvalue weighted by molar-refractivity contribution is -0.118. The van der Waals surface area contributed by atoms with E-state index < -0.39 is 0 Å². The van der Waals surface area contributed by atoms with Crippen molar-refractivity contribution in [3.63, 3.8) is 0 Å². The van der Waals surface area contributed by atoms with Crippen molar-refractivity contribution in [2.24, 2.45) is 0 Å². The van der Waals surface area contributed by atoms with Gasteiger partial charge in [0.25, 0.3) is 5.91 Å². The summed E-state index contributed by atoms with van der Waals surface area (Å²) >= 11 is 0. The molecule has 1 aliphatic heterocycles. The average molecular weight is 338 g/mol. The van der Waals surface area contributed by atoms with Gasteiger partial charge in [0, 0.05) is 18.4 Å². The van der Waals surface area contributed by atoms with Crippen LogP contribution in [0.3, 0.4) is 0 Å². The Bertz CT molecular complexity index is 845. The van der Waals surface area contributed by atoms with E-state index in [4.69, 9.17) is 4.74 Å². The highest BCUT2D eigenvalue weighted by Crippen LogP contribution is 2.35. The first-order valence-corrected chi connectivity index (χ1v) is 7.99. The highest BCUT2D eigenvalue weighted by atomic mass is 16.5. The minimum atomic E-state index is -0.282. The molecule has 6 nitrogen and oxygen atoms in total. The molecule has 6 heteroatoms. The Labute approximate surface area is 145 Å². The molecule has 0 saturated heterocycles. The number of Topliss-reactive ketones (excluding diaryl/α,β-unsaturated/α-hetero) is 1. The van der Waals surface area contributed by atoms with E-state index in [1.165, 1.54) is 0 Å². The van der Waals surface area contributed by atoms with Crippen LogP contribution >= 0.6 is 0 Å². The van der Waals surface area contributed by atoms with Gasteiger partial charge in [0.05, 0.1) is 11.4 Å². The molecule has 25 heavy (non-hydrogen) atoms. The van der Waals surface area contributed by atoms with E-state index in [0.29, 0.717) is 22.7 Å². The molecule has 128 valence electrons. The highest BCUT2D eigenvalue weighted by molar-refractivity contribution is 6.02. The number of aryl methyl sites for hydroxylation is 1. The topological polar surface area (TPSA) is 84.5 Å². The van der Waals surface area contributed by atoms with Gasteiger partial charge < -0.3 is 15.4 Å². The Morgan fingerprint density at radius 2 is 1.92 bits per heavy atom. The Morgan fingerprint density at radius 3 is 2.72 bits per heavy atom. The third kappa shape index (κ3) is 3.85. The number of benzene rings is 2. The number of ether oxygens (including phenoxy) is 1. The van der Waals surface area contributed by atoms with E-state index >= 15 is 0 Å². The Hall–Kier alpha value is -3.15. The van der Waals surface area contributed by atoms with Crippen LogP contribution in [-0.2, 0) is 9.59 Å². The molecule has 0 aromatic heterocycles. The number of hydrogen-bond acceptors (Lipinski definition) is 4. The lowest BCUT2D eigenvalue weighted by Crippen LogP contribution is -2.26. The van der Waals surface area contributed by atoms with Crippen LogP contribution in [-0.4, -0.2) is 24.2 Å². The smallest absolute Gasteiger partial charge is 0.262 e. The minimum absolute atomic E-state index is 0.0631.